The van der Waals surface area contributed by atoms with E-state index in [1.807, 2.05) is 0 Å². The van der Waals surface area contributed by atoms with Crippen LogP contribution in [0.4, 0.5) is 8.78 Å². The van der Waals surface area contributed by atoms with Gasteiger partial charge in [0.15, 0.2) is 0 Å². The molecule has 0 bridgehead atoms. The molecule has 1 atom stereocenters. The van der Waals surface area contributed by atoms with Crippen molar-refractivity contribution in [2.45, 2.75) is 12.5 Å². The third-order valence-corrected chi connectivity index (χ3v) is 2.98. The Balaban J connectivity index is 2.76. The number of hydrogen-bond acceptors (Lipinski definition) is 2. The van der Waals surface area contributed by atoms with Gasteiger partial charge < -0.3 is 5.73 Å². The first-order valence-corrected chi connectivity index (χ1v) is 4.56. The molecule has 1 nitrogen and oxygen atoms in total. The van der Waals surface area contributed by atoms with E-state index in [2.05, 4.69) is 15.9 Å². The molecule has 0 saturated heterocycles. The van der Waals surface area contributed by atoms with E-state index >= 15 is 0 Å². The van der Waals surface area contributed by atoms with Crippen LogP contribution in [0.2, 0.25) is 0 Å². The largest absolute Gasteiger partial charge is 0.319 e. The number of alkyl halides is 2. The van der Waals surface area contributed by atoms with Crippen LogP contribution in [0.5, 0.6) is 0 Å². The highest BCUT2D eigenvalue weighted by Crippen LogP contribution is 2.27. The van der Waals surface area contributed by atoms with Crippen molar-refractivity contribution in [3.05, 3.63) is 20.8 Å². The highest BCUT2D eigenvalue weighted by molar-refractivity contribution is 9.10. The first-order chi connectivity index (χ1) is 5.11. The molecule has 0 spiro atoms. The minimum absolute atomic E-state index is 0.506. The van der Waals surface area contributed by atoms with Crippen LogP contribution < -0.4 is 5.73 Å². The number of nitrogens with two attached hydrogens (primary N) is 1. The molecule has 1 heterocycles. The molecule has 0 saturated carbocycles. The summed E-state index contributed by atoms with van der Waals surface area (Å²) < 4.78 is 24.8. The van der Waals surface area contributed by atoms with Gasteiger partial charge in [-0.2, -0.15) is 0 Å². The molecule has 1 unspecified atom stereocenters. The normalized spacial score (nSPS) is 13.9. The highest BCUT2D eigenvalue weighted by Gasteiger charge is 2.18. The van der Waals surface area contributed by atoms with Gasteiger partial charge in [-0.15, -0.1) is 11.3 Å². The van der Waals surface area contributed by atoms with Crippen LogP contribution in [0.25, 0.3) is 0 Å². The first kappa shape index (κ1) is 9.09. The Morgan fingerprint density at radius 1 is 1.55 bits per heavy atom. The molecule has 62 valence electrons. The molecular weight excluding hydrogens is 236 g/mol. The third kappa shape index (κ3) is 2.21. The highest BCUT2D eigenvalue weighted by atomic mass is 79.9. The van der Waals surface area contributed by atoms with E-state index in [4.69, 9.17) is 5.73 Å². The van der Waals surface area contributed by atoms with E-state index in [-0.39, 0.29) is 0 Å². The predicted octanol–water partition coefficient (Wildman–Crippen LogP) is 2.78. The topological polar surface area (TPSA) is 26.0 Å². The van der Waals surface area contributed by atoms with Gasteiger partial charge in [-0.3, -0.25) is 0 Å². The van der Waals surface area contributed by atoms with Crippen molar-refractivity contribution in [1.82, 2.24) is 0 Å². The molecule has 1 aromatic heterocycles. The summed E-state index contributed by atoms with van der Waals surface area (Å²) in [5.74, 6) is 0. The van der Waals surface area contributed by atoms with Crippen molar-refractivity contribution in [3.63, 3.8) is 0 Å². The van der Waals surface area contributed by atoms with E-state index in [0.29, 0.717) is 4.88 Å². The van der Waals surface area contributed by atoms with Gasteiger partial charge in [0.25, 0.3) is 6.43 Å². The molecule has 0 aliphatic carbocycles. The van der Waals surface area contributed by atoms with Crippen molar-refractivity contribution < 1.29 is 8.78 Å². The summed E-state index contributed by atoms with van der Waals surface area (Å²) in [6, 6.07) is 0.466. The second-order valence-electron chi connectivity index (χ2n) is 2.03. The van der Waals surface area contributed by atoms with Gasteiger partial charge in [0.1, 0.15) is 6.04 Å². The molecule has 0 fully saturated rings. The molecular formula is C6H6BrF2NS. The summed E-state index contributed by atoms with van der Waals surface area (Å²) in [5.41, 5.74) is 5.19. The summed E-state index contributed by atoms with van der Waals surface area (Å²) >= 11 is 4.39. The van der Waals surface area contributed by atoms with Crippen LogP contribution in [0.15, 0.2) is 15.9 Å². The van der Waals surface area contributed by atoms with E-state index in [9.17, 15) is 8.78 Å². The Labute approximate surface area is 75.3 Å². The lowest BCUT2D eigenvalue weighted by molar-refractivity contribution is 0.118. The lowest BCUT2D eigenvalue weighted by Gasteiger charge is -2.05. The summed E-state index contributed by atoms with van der Waals surface area (Å²) in [5, 5.41) is 1.73. The standard InChI is InChI=1S/C6H6BrF2NS/c7-3-1-4(11-2-3)5(10)6(8)9/h1-2,5-6H,10H2. The zero-order chi connectivity index (χ0) is 8.43. The van der Waals surface area contributed by atoms with Crippen LogP contribution in [0.1, 0.15) is 10.9 Å². The third-order valence-electron chi connectivity index (χ3n) is 1.19. The monoisotopic (exact) mass is 241 g/mol. The Bertz CT molecular complexity index is 238. The minimum Gasteiger partial charge on any atom is -0.319 e. The van der Waals surface area contributed by atoms with Gasteiger partial charge in [-0.05, 0) is 22.0 Å². The van der Waals surface area contributed by atoms with Crippen molar-refractivity contribution in [1.29, 1.82) is 0 Å². The first-order valence-electron chi connectivity index (χ1n) is 2.89. The fourth-order valence-corrected chi connectivity index (χ4v) is 2.08. The Kier molecular flexibility index (Phi) is 2.98. The van der Waals surface area contributed by atoms with Crippen LogP contribution in [-0.4, -0.2) is 6.43 Å². The molecule has 2 N–H and O–H groups in total. The van der Waals surface area contributed by atoms with E-state index in [0.717, 1.165) is 4.47 Å². The molecule has 0 amide bonds. The summed E-state index contributed by atoms with van der Waals surface area (Å²) in [6.45, 7) is 0. The number of rotatable bonds is 2. The molecule has 5 heteroatoms. The van der Waals surface area contributed by atoms with Crippen LogP contribution in [0, 0.1) is 0 Å². The Morgan fingerprint density at radius 3 is 2.55 bits per heavy atom. The summed E-state index contributed by atoms with van der Waals surface area (Å²) in [4.78, 5) is 0.506. The quantitative estimate of drug-likeness (QED) is 0.847. The minimum atomic E-state index is -2.49. The fraction of sp³-hybridized carbons (Fsp3) is 0.333. The SMILES string of the molecule is NC(c1cc(Br)cs1)C(F)F. The van der Waals surface area contributed by atoms with Crippen LogP contribution in [0.3, 0.4) is 0 Å². The molecule has 1 aromatic rings. The van der Waals surface area contributed by atoms with Gasteiger partial charge in [0.05, 0.1) is 0 Å². The fourth-order valence-electron chi connectivity index (χ4n) is 0.627. The van der Waals surface area contributed by atoms with E-state index in [1.165, 1.54) is 11.3 Å². The number of thiophene rings is 1. The molecule has 0 aliphatic rings. The van der Waals surface area contributed by atoms with E-state index in [1.54, 1.807) is 11.4 Å². The maximum atomic E-state index is 12.0. The maximum Gasteiger partial charge on any atom is 0.258 e. The second-order valence-corrected chi connectivity index (χ2v) is 3.89. The predicted molar refractivity (Wildman–Crippen MR) is 45.0 cm³/mol. The molecule has 0 radical (unpaired) electrons. The van der Waals surface area contributed by atoms with Crippen LogP contribution >= 0.6 is 27.3 Å². The zero-order valence-corrected chi connectivity index (χ0v) is 7.83. The Morgan fingerprint density at radius 2 is 2.18 bits per heavy atom. The zero-order valence-electron chi connectivity index (χ0n) is 5.43. The molecule has 11 heavy (non-hydrogen) atoms. The number of halogens is 3. The lowest BCUT2D eigenvalue weighted by atomic mass is 10.3. The van der Waals surface area contributed by atoms with E-state index < -0.39 is 12.5 Å². The van der Waals surface area contributed by atoms with Crippen molar-refractivity contribution in [2.75, 3.05) is 0 Å². The molecule has 1 rings (SSSR count). The molecule has 0 aromatic carbocycles. The number of hydrogen-bond donors (Lipinski definition) is 1. The van der Waals surface area contributed by atoms with Crippen LogP contribution in [-0.2, 0) is 0 Å². The summed E-state index contributed by atoms with van der Waals surface area (Å²) in [7, 11) is 0. The van der Waals surface area contributed by atoms with Gasteiger partial charge in [0.2, 0.25) is 0 Å². The van der Waals surface area contributed by atoms with Gasteiger partial charge in [-0.1, -0.05) is 0 Å². The smallest absolute Gasteiger partial charge is 0.258 e. The molecule has 0 aliphatic heterocycles. The average Bonchev–Trinajstić information content (AvgIpc) is 2.34. The van der Waals surface area contributed by atoms with Crippen molar-refractivity contribution in [3.8, 4) is 0 Å². The Hall–Kier alpha value is -0.0000000000000000833. The van der Waals surface area contributed by atoms with Crippen molar-refractivity contribution in [2.24, 2.45) is 5.73 Å². The van der Waals surface area contributed by atoms with Gasteiger partial charge in [-0.25, -0.2) is 8.78 Å². The van der Waals surface area contributed by atoms with Crippen molar-refractivity contribution >= 4 is 27.3 Å². The van der Waals surface area contributed by atoms with Gasteiger partial charge >= 0.3 is 0 Å². The maximum absolute atomic E-state index is 12.0. The average molecular weight is 242 g/mol. The van der Waals surface area contributed by atoms with Gasteiger partial charge in [0, 0.05) is 14.7 Å². The lowest BCUT2D eigenvalue weighted by Crippen LogP contribution is -2.17. The summed E-state index contributed by atoms with van der Waals surface area (Å²) in [6.07, 6.45) is -2.49. The second kappa shape index (κ2) is 3.60.